The zero-order valence-electron chi connectivity index (χ0n) is 21.5. The Bertz CT molecular complexity index is 1140. The largest absolute Gasteiger partial charge is 0.495 e. The van der Waals surface area contributed by atoms with Crippen LogP contribution in [0, 0.1) is 11.8 Å². The molecule has 1 aromatic heterocycles. The first kappa shape index (κ1) is 30.5. The van der Waals surface area contributed by atoms with Crippen molar-refractivity contribution in [2.75, 3.05) is 13.7 Å². The SMILES string of the molecule is COc1ccc(CC(NC(=O)/C=C/C[C@H](O)[C@H](C)/C=C/c2cnccn2)C(=O)NCC(C)C(=O)O)cc1Cl. The van der Waals surface area contributed by atoms with Crippen LogP contribution in [-0.2, 0) is 20.8 Å². The number of hydrogen-bond donors (Lipinski definition) is 4. The van der Waals surface area contributed by atoms with Gasteiger partial charge >= 0.3 is 5.97 Å². The van der Waals surface area contributed by atoms with Gasteiger partial charge in [-0.2, -0.15) is 0 Å². The molecule has 2 rings (SSSR count). The van der Waals surface area contributed by atoms with Crippen LogP contribution >= 0.6 is 11.6 Å². The van der Waals surface area contributed by atoms with E-state index >= 15 is 0 Å². The molecule has 1 heterocycles. The normalized spacial score (nSPS) is 14.6. The summed E-state index contributed by atoms with van der Waals surface area (Å²) in [5.41, 5.74) is 1.34. The van der Waals surface area contributed by atoms with E-state index in [-0.39, 0.29) is 25.3 Å². The van der Waals surface area contributed by atoms with E-state index in [2.05, 4.69) is 20.6 Å². The Morgan fingerprint density at radius 3 is 2.61 bits per heavy atom. The number of aliphatic carboxylic acids is 1. The summed E-state index contributed by atoms with van der Waals surface area (Å²) in [6.07, 6.45) is 10.7. The third-order valence-electron chi connectivity index (χ3n) is 5.70. The maximum absolute atomic E-state index is 12.8. The first-order chi connectivity index (χ1) is 18.1. The standard InChI is InChI=1S/C27H33ClN4O6/c1-17(7-9-20-16-29-11-12-30-20)23(33)5-4-6-25(34)32-22(26(35)31-15-18(2)27(36)37)14-19-8-10-24(38-3)21(28)13-19/h4,6-13,16-18,22-23,33H,5,14-15H2,1-3H3,(H,31,35)(H,32,34)(H,36,37)/b6-4+,9-7+/t17-,18?,22?,23+/m1/s1. The van der Waals surface area contributed by atoms with Gasteiger partial charge in [0.15, 0.2) is 0 Å². The van der Waals surface area contributed by atoms with Crippen LogP contribution in [0.4, 0.5) is 0 Å². The molecule has 4 atom stereocenters. The van der Waals surface area contributed by atoms with Crippen molar-refractivity contribution < 1.29 is 29.3 Å². The molecule has 0 saturated heterocycles. The molecule has 0 aliphatic rings. The lowest BCUT2D eigenvalue weighted by atomic mass is 10.0. The number of benzene rings is 1. The van der Waals surface area contributed by atoms with E-state index in [4.69, 9.17) is 21.4 Å². The number of carbonyl (C=O) groups excluding carboxylic acids is 2. The summed E-state index contributed by atoms with van der Waals surface area (Å²) in [6.45, 7) is 3.22. The Kier molecular flexibility index (Phi) is 12.4. The number of methoxy groups -OCH3 is 1. The fourth-order valence-electron chi connectivity index (χ4n) is 3.27. The van der Waals surface area contributed by atoms with Crippen molar-refractivity contribution in [2.24, 2.45) is 11.8 Å². The highest BCUT2D eigenvalue weighted by atomic mass is 35.5. The molecule has 2 unspecified atom stereocenters. The van der Waals surface area contributed by atoms with Gasteiger partial charge in [0.1, 0.15) is 11.8 Å². The fraction of sp³-hybridized carbons (Fsp3) is 0.370. The van der Waals surface area contributed by atoms with E-state index < -0.39 is 35.8 Å². The zero-order chi connectivity index (χ0) is 28.1. The molecule has 0 radical (unpaired) electrons. The van der Waals surface area contributed by atoms with E-state index in [0.29, 0.717) is 22.0 Å². The summed E-state index contributed by atoms with van der Waals surface area (Å²) in [5.74, 6) is -2.65. The van der Waals surface area contributed by atoms with Crippen molar-refractivity contribution in [2.45, 2.75) is 38.8 Å². The number of aliphatic hydroxyl groups is 1. The number of carboxylic acid groups (broad SMARTS) is 1. The maximum Gasteiger partial charge on any atom is 0.308 e. The Morgan fingerprint density at radius 2 is 1.97 bits per heavy atom. The lowest BCUT2D eigenvalue weighted by Crippen LogP contribution is -2.48. The van der Waals surface area contributed by atoms with Crippen molar-refractivity contribution >= 4 is 35.5 Å². The van der Waals surface area contributed by atoms with Crippen molar-refractivity contribution in [3.8, 4) is 5.75 Å². The number of halogens is 1. The molecule has 1 aromatic carbocycles. The number of carbonyl (C=O) groups is 3. The molecule has 0 fully saturated rings. The van der Waals surface area contributed by atoms with Crippen molar-refractivity contribution in [1.29, 1.82) is 0 Å². The molecule has 0 spiro atoms. The Balaban J connectivity index is 2.01. The number of nitrogens with one attached hydrogen (secondary N) is 2. The molecule has 0 aliphatic heterocycles. The van der Waals surface area contributed by atoms with Crippen LogP contribution in [0.2, 0.25) is 5.02 Å². The fourth-order valence-corrected chi connectivity index (χ4v) is 3.55. The molecule has 10 nitrogen and oxygen atoms in total. The number of aliphatic hydroxyl groups excluding tert-OH is 1. The molecule has 2 amide bonds. The van der Waals surface area contributed by atoms with Gasteiger partial charge in [0.05, 0.1) is 36.0 Å². The van der Waals surface area contributed by atoms with Crippen molar-refractivity contribution in [1.82, 2.24) is 20.6 Å². The van der Waals surface area contributed by atoms with E-state index in [0.717, 1.165) is 0 Å². The van der Waals surface area contributed by atoms with Gasteiger partial charge in [-0.1, -0.05) is 43.7 Å². The number of nitrogens with zero attached hydrogens (tertiary/aromatic N) is 2. The average Bonchev–Trinajstić information content (AvgIpc) is 2.90. The molecule has 2 aromatic rings. The topological polar surface area (TPSA) is 151 Å². The van der Waals surface area contributed by atoms with Gasteiger partial charge in [0.25, 0.3) is 0 Å². The first-order valence-corrected chi connectivity index (χ1v) is 12.4. The minimum absolute atomic E-state index is 0.0914. The van der Waals surface area contributed by atoms with Gasteiger partial charge < -0.3 is 25.6 Å². The molecule has 4 N–H and O–H groups in total. The van der Waals surface area contributed by atoms with Crippen LogP contribution in [-0.4, -0.2) is 63.8 Å². The van der Waals surface area contributed by atoms with E-state index in [1.54, 1.807) is 48.9 Å². The second-order valence-electron chi connectivity index (χ2n) is 8.77. The molecular weight excluding hydrogens is 512 g/mol. The number of aromatic nitrogens is 2. The number of rotatable bonds is 14. The second-order valence-corrected chi connectivity index (χ2v) is 9.18. The van der Waals surface area contributed by atoms with Crippen molar-refractivity contribution in [3.63, 3.8) is 0 Å². The molecule has 11 heteroatoms. The van der Waals surface area contributed by atoms with E-state index in [1.165, 1.54) is 26.2 Å². The summed E-state index contributed by atoms with van der Waals surface area (Å²) in [4.78, 5) is 44.6. The molecular formula is C27H33ClN4O6. The predicted octanol–water partition coefficient (Wildman–Crippen LogP) is 2.66. The number of hydrogen-bond acceptors (Lipinski definition) is 7. The number of amides is 2. The van der Waals surface area contributed by atoms with Gasteiger partial charge in [-0.3, -0.25) is 24.4 Å². The Morgan fingerprint density at radius 1 is 1.21 bits per heavy atom. The Hall–Kier alpha value is -3.76. The molecule has 0 aliphatic carbocycles. The molecule has 0 saturated carbocycles. The van der Waals surface area contributed by atoms with Gasteiger partial charge in [-0.15, -0.1) is 0 Å². The monoisotopic (exact) mass is 544 g/mol. The van der Waals surface area contributed by atoms with Gasteiger partial charge in [-0.25, -0.2) is 0 Å². The van der Waals surface area contributed by atoms with Crippen LogP contribution in [0.15, 0.2) is 55.0 Å². The van der Waals surface area contributed by atoms with Crippen LogP contribution in [0.25, 0.3) is 6.08 Å². The smallest absolute Gasteiger partial charge is 0.308 e. The first-order valence-electron chi connectivity index (χ1n) is 12.0. The van der Waals surface area contributed by atoms with Crippen molar-refractivity contribution in [3.05, 3.63) is 71.3 Å². The Labute approximate surface area is 226 Å². The second kappa shape index (κ2) is 15.5. The zero-order valence-corrected chi connectivity index (χ0v) is 22.3. The van der Waals surface area contributed by atoms with E-state index in [1.807, 2.05) is 6.92 Å². The van der Waals surface area contributed by atoms with Gasteiger partial charge in [0, 0.05) is 31.3 Å². The quantitative estimate of drug-likeness (QED) is 0.265. The third kappa shape index (κ3) is 10.3. The lowest BCUT2D eigenvalue weighted by molar-refractivity contribution is -0.141. The van der Waals surface area contributed by atoms with Gasteiger partial charge in [-0.05, 0) is 36.3 Å². The summed E-state index contributed by atoms with van der Waals surface area (Å²) in [7, 11) is 1.49. The molecule has 204 valence electrons. The molecule has 0 bridgehead atoms. The third-order valence-corrected chi connectivity index (χ3v) is 6.00. The van der Waals surface area contributed by atoms with Crippen LogP contribution in [0.1, 0.15) is 31.5 Å². The van der Waals surface area contributed by atoms with Crippen LogP contribution in [0.3, 0.4) is 0 Å². The number of ether oxygens (including phenoxy) is 1. The predicted molar refractivity (Wildman–Crippen MR) is 143 cm³/mol. The van der Waals surface area contributed by atoms with Crippen LogP contribution < -0.4 is 15.4 Å². The number of carboxylic acids is 1. The molecule has 38 heavy (non-hydrogen) atoms. The maximum atomic E-state index is 12.8. The van der Waals surface area contributed by atoms with E-state index in [9.17, 15) is 19.5 Å². The summed E-state index contributed by atoms with van der Waals surface area (Å²) in [6, 6.07) is 4.02. The average molecular weight is 545 g/mol. The summed E-state index contributed by atoms with van der Waals surface area (Å²) >= 11 is 6.19. The highest BCUT2D eigenvalue weighted by Gasteiger charge is 2.22. The highest BCUT2D eigenvalue weighted by molar-refractivity contribution is 6.32. The lowest BCUT2D eigenvalue weighted by Gasteiger charge is -2.19. The highest BCUT2D eigenvalue weighted by Crippen LogP contribution is 2.25. The minimum Gasteiger partial charge on any atom is -0.495 e. The summed E-state index contributed by atoms with van der Waals surface area (Å²) in [5, 5.41) is 25.1. The van der Waals surface area contributed by atoms with Crippen LogP contribution in [0.5, 0.6) is 5.75 Å². The minimum atomic E-state index is -1.05. The summed E-state index contributed by atoms with van der Waals surface area (Å²) < 4.78 is 5.15. The van der Waals surface area contributed by atoms with Gasteiger partial charge in [0.2, 0.25) is 11.8 Å².